The van der Waals surface area contributed by atoms with Crippen molar-refractivity contribution in [3.05, 3.63) is 35.4 Å². The SMILES string of the molecule is Cc1ccc([C@H](CN2CCOCC2)N[C@@H]2CS(=O)(=O)C[C@H]2O)cc1. The summed E-state index contributed by atoms with van der Waals surface area (Å²) in [7, 11) is -3.16. The summed E-state index contributed by atoms with van der Waals surface area (Å²) >= 11 is 0. The number of benzene rings is 1. The molecule has 0 aromatic heterocycles. The van der Waals surface area contributed by atoms with Crippen molar-refractivity contribution in [1.29, 1.82) is 0 Å². The van der Waals surface area contributed by atoms with Crippen molar-refractivity contribution in [3.8, 4) is 0 Å². The Labute approximate surface area is 143 Å². The van der Waals surface area contributed by atoms with Crippen LogP contribution in [0.15, 0.2) is 24.3 Å². The Kier molecular flexibility index (Phi) is 5.56. The lowest BCUT2D eigenvalue weighted by Gasteiger charge is -2.33. The number of nitrogens with one attached hydrogen (secondary N) is 1. The second kappa shape index (κ2) is 7.49. The molecule has 0 unspecified atom stereocenters. The van der Waals surface area contributed by atoms with Gasteiger partial charge >= 0.3 is 0 Å². The quantitative estimate of drug-likeness (QED) is 0.782. The molecule has 0 aliphatic carbocycles. The molecule has 7 heteroatoms. The molecule has 3 rings (SSSR count). The minimum absolute atomic E-state index is 0.000358. The monoisotopic (exact) mass is 354 g/mol. The van der Waals surface area contributed by atoms with Crippen LogP contribution >= 0.6 is 0 Å². The number of aliphatic hydroxyl groups excluding tert-OH is 1. The van der Waals surface area contributed by atoms with Crippen molar-refractivity contribution in [1.82, 2.24) is 10.2 Å². The Morgan fingerprint density at radius 2 is 1.92 bits per heavy atom. The van der Waals surface area contributed by atoms with Crippen LogP contribution in [0.1, 0.15) is 17.2 Å². The predicted molar refractivity (Wildman–Crippen MR) is 92.8 cm³/mol. The van der Waals surface area contributed by atoms with Crippen molar-refractivity contribution < 1.29 is 18.3 Å². The number of ether oxygens (including phenoxy) is 1. The predicted octanol–water partition coefficient (Wildman–Crippen LogP) is 0.116. The van der Waals surface area contributed by atoms with Crippen LogP contribution in [-0.4, -0.2) is 74.9 Å². The lowest BCUT2D eigenvalue weighted by Crippen LogP contribution is -2.47. The highest BCUT2D eigenvalue weighted by atomic mass is 32.2. The van der Waals surface area contributed by atoms with Crippen molar-refractivity contribution in [2.45, 2.75) is 25.1 Å². The molecule has 2 fully saturated rings. The van der Waals surface area contributed by atoms with E-state index in [0.717, 1.165) is 38.4 Å². The fraction of sp³-hybridized carbons (Fsp3) is 0.647. The molecule has 2 heterocycles. The topological polar surface area (TPSA) is 78.9 Å². The fourth-order valence-corrected chi connectivity index (χ4v) is 5.10. The first kappa shape index (κ1) is 17.8. The molecule has 0 bridgehead atoms. The average molecular weight is 354 g/mol. The van der Waals surface area contributed by atoms with Crippen LogP contribution in [0.2, 0.25) is 0 Å². The number of hydrogen-bond donors (Lipinski definition) is 2. The summed E-state index contributed by atoms with van der Waals surface area (Å²) in [5, 5.41) is 13.5. The van der Waals surface area contributed by atoms with E-state index < -0.39 is 22.0 Å². The van der Waals surface area contributed by atoms with Crippen molar-refractivity contribution in [2.24, 2.45) is 0 Å². The first-order chi connectivity index (χ1) is 11.4. The Morgan fingerprint density at radius 3 is 2.50 bits per heavy atom. The molecule has 24 heavy (non-hydrogen) atoms. The maximum Gasteiger partial charge on any atom is 0.154 e. The number of hydrogen-bond acceptors (Lipinski definition) is 6. The Bertz CT molecular complexity index is 641. The third-order valence-electron chi connectivity index (χ3n) is 4.76. The van der Waals surface area contributed by atoms with Crippen LogP contribution in [0.25, 0.3) is 0 Å². The maximum absolute atomic E-state index is 11.8. The molecule has 3 atom stereocenters. The number of nitrogens with zero attached hydrogens (tertiary/aromatic N) is 1. The molecule has 2 aliphatic rings. The molecule has 1 aromatic rings. The van der Waals surface area contributed by atoms with E-state index in [1.165, 1.54) is 5.56 Å². The number of rotatable bonds is 5. The first-order valence-electron chi connectivity index (χ1n) is 8.44. The van der Waals surface area contributed by atoms with Crippen molar-refractivity contribution in [3.63, 3.8) is 0 Å². The molecule has 0 spiro atoms. The van der Waals surface area contributed by atoms with Crippen LogP contribution in [0.4, 0.5) is 0 Å². The minimum Gasteiger partial charge on any atom is -0.390 e. The summed E-state index contributed by atoms with van der Waals surface area (Å²) in [6.45, 7) is 6.00. The summed E-state index contributed by atoms with van der Waals surface area (Å²) in [5.41, 5.74) is 2.30. The van der Waals surface area contributed by atoms with Gasteiger partial charge in [0.05, 0.1) is 30.8 Å². The largest absolute Gasteiger partial charge is 0.390 e. The number of aryl methyl sites for hydroxylation is 1. The molecule has 6 nitrogen and oxygen atoms in total. The highest BCUT2D eigenvalue weighted by Crippen LogP contribution is 2.21. The first-order valence-corrected chi connectivity index (χ1v) is 10.3. The molecular formula is C17H26N2O4S. The zero-order valence-corrected chi connectivity index (χ0v) is 14.8. The molecule has 2 aliphatic heterocycles. The Hall–Kier alpha value is -0.990. The van der Waals surface area contributed by atoms with E-state index >= 15 is 0 Å². The van der Waals surface area contributed by atoms with E-state index in [4.69, 9.17) is 4.74 Å². The van der Waals surface area contributed by atoms with Crippen LogP contribution in [-0.2, 0) is 14.6 Å². The van der Waals surface area contributed by atoms with Gasteiger partial charge in [-0.05, 0) is 12.5 Å². The molecule has 1 aromatic carbocycles. The van der Waals surface area contributed by atoms with Gasteiger partial charge in [0.25, 0.3) is 0 Å². The van der Waals surface area contributed by atoms with E-state index in [-0.39, 0.29) is 17.5 Å². The van der Waals surface area contributed by atoms with Gasteiger partial charge in [-0.2, -0.15) is 0 Å². The number of morpholine rings is 1. The third kappa shape index (κ3) is 4.55. The van der Waals surface area contributed by atoms with Gasteiger partial charge in [-0.3, -0.25) is 4.90 Å². The minimum atomic E-state index is -3.16. The summed E-state index contributed by atoms with van der Waals surface area (Å²) < 4.78 is 29.0. The van der Waals surface area contributed by atoms with Gasteiger partial charge in [0.1, 0.15) is 0 Å². The van der Waals surface area contributed by atoms with E-state index in [2.05, 4.69) is 34.5 Å². The second-order valence-electron chi connectivity index (χ2n) is 6.79. The fourth-order valence-electron chi connectivity index (χ4n) is 3.34. The summed E-state index contributed by atoms with van der Waals surface area (Å²) in [5.74, 6) is -0.150. The molecule has 134 valence electrons. The summed E-state index contributed by atoms with van der Waals surface area (Å²) in [4.78, 5) is 2.32. The van der Waals surface area contributed by atoms with Crippen molar-refractivity contribution >= 4 is 9.84 Å². The van der Waals surface area contributed by atoms with E-state index in [1.807, 2.05) is 6.92 Å². The van der Waals surface area contributed by atoms with Gasteiger partial charge in [0.15, 0.2) is 9.84 Å². The molecule has 0 radical (unpaired) electrons. The van der Waals surface area contributed by atoms with Gasteiger partial charge in [0.2, 0.25) is 0 Å². The summed E-state index contributed by atoms with van der Waals surface area (Å²) in [6, 6.07) is 7.84. The molecule has 2 N–H and O–H groups in total. The van der Waals surface area contributed by atoms with Gasteiger partial charge in [-0.1, -0.05) is 29.8 Å². The van der Waals surface area contributed by atoms with E-state index in [1.54, 1.807) is 0 Å². The standard InChI is InChI=1S/C17H26N2O4S/c1-13-2-4-14(5-3-13)15(10-19-6-8-23-9-7-19)18-16-11-24(21,22)12-17(16)20/h2-5,15-18,20H,6-12H2,1H3/t15-,16+,17+/m0/s1. The molecule has 2 saturated heterocycles. The Morgan fingerprint density at radius 1 is 1.25 bits per heavy atom. The zero-order chi connectivity index (χ0) is 17.2. The number of sulfone groups is 1. The normalized spacial score (nSPS) is 28.8. The number of aliphatic hydroxyl groups is 1. The highest BCUT2D eigenvalue weighted by Gasteiger charge is 2.37. The van der Waals surface area contributed by atoms with Gasteiger partial charge in [-0.25, -0.2) is 8.42 Å². The molecule has 0 amide bonds. The van der Waals surface area contributed by atoms with Crippen molar-refractivity contribution in [2.75, 3.05) is 44.4 Å². The summed E-state index contributed by atoms with van der Waals surface area (Å²) in [6.07, 6.45) is -0.840. The van der Waals surface area contributed by atoms with Gasteiger partial charge < -0.3 is 15.2 Å². The second-order valence-corrected chi connectivity index (χ2v) is 8.95. The van der Waals surface area contributed by atoms with E-state index in [9.17, 15) is 13.5 Å². The lowest BCUT2D eigenvalue weighted by molar-refractivity contribution is 0.0317. The van der Waals surface area contributed by atoms with Crippen LogP contribution < -0.4 is 5.32 Å². The van der Waals surface area contributed by atoms with Crippen LogP contribution in [0, 0.1) is 6.92 Å². The smallest absolute Gasteiger partial charge is 0.154 e. The maximum atomic E-state index is 11.8. The van der Waals surface area contributed by atoms with Crippen LogP contribution in [0.5, 0.6) is 0 Å². The van der Waals surface area contributed by atoms with Gasteiger partial charge in [0, 0.05) is 31.7 Å². The van der Waals surface area contributed by atoms with E-state index in [0.29, 0.717) is 0 Å². The third-order valence-corrected chi connectivity index (χ3v) is 6.48. The lowest BCUT2D eigenvalue weighted by atomic mass is 10.0. The molecule has 0 saturated carbocycles. The van der Waals surface area contributed by atoms with Gasteiger partial charge in [-0.15, -0.1) is 0 Å². The zero-order valence-electron chi connectivity index (χ0n) is 14.0. The average Bonchev–Trinajstić information content (AvgIpc) is 2.80. The molecular weight excluding hydrogens is 328 g/mol. The highest BCUT2D eigenvalue weighted by molar-refractivity contribution is 7.91. The Balaban J connectivity index is 1.75. The van der Waals surface area contributed by atoms with Crippen LogP contribution in [0.3, 0.4) is 0 Å².